The molecule has 0 radical (unpaired) electrons. The van der Waals surface area contributed by atoms with Crippen LogP contribution in [0.3, 0.4) is 0 Å². The number of anilines is 1. The number of nitrogens with zero attached hydrogens (tertiary/aromatic N) is 1. The van der Waals surface area contributed by atoms with E-state index in [0.717, 1.165) is 31.4 Å². The molecule has 1 spiro atoms. The van der Waals surface area contributed by atoms with Crippen LogP contribution in [-0.4, -0.2) is 69.1 Å². The number of likely N-dealkylation sites (tertiary alicyclic amines) is 1. The molecular formula is C31H47N3O5S. The monoisotopic (exact) mass is 573 g/mol. The van der Waals surface area contributed by atoms with Gasteiger partial charge >= 0.3 is 0 Å². The van der Waals surface area contributed by atoms with E-state index in [0.29, 0.717) is 31.7 Å². The number of hydrogen-bond acceptors (Lipinski definition) is 6. The Hall–Kier alpha value is -2.26. The van der Waals surface area contributed by atoms with Crippen LogP contribution in [0.4, 0.5) is 5.69 Å². The van der Waals surface area contributed by atoms with Gasteiger partial charge in [-0.25, -0.2) is 0 Å². The second-order valence-electron chi connectivity index (χ2n) is 13.4. The SMILES string of the molecule is CCOc1ccc(NC(=O)[C@@H]2[C@@H]3CCC4(S3)C(C(=O)NC(C)(C)CC(C)(C)C)N(CCCCCO)C(=O)[C@H]24)cc1. The third-order valence-electron chi connectivity index (χ3n) is 8.28. The Balaban J connectivity index is 1.59. The minimum Gasteiger partial charge on any atom is -0.494 e. The third kappa shape index (κ3) is 6.30. The molecule has 3 N–H and O–H groups in total. The van der Waals surface area contributed by atoms with E-state index < -0.39 is 28.2 Å². The molecule has 3 saturated heterocycles. The van der Waals surface area contributed by atoms with Crippen molar-refractivity contribution in [2.24, 2.45) is 17.3 Å². The molecule has 0 saturated carbocycles. The maximum absolute atomic E-state index is 14.1. The minimum atomic E-state index is -0.614. The van der Waals surface area contributed by atoms with Crippen molar-refractivity contribution < 1.29 is 24.2 Å². The van der Waals surface area contributed by atoms with Crippen molar-refractivity contribution >= 4 is 35.2 Å². The van der Waals surface area contributed by atoms with E-state index in [4.69, 9.17) is 4.74 Å². The van der Waals surface area contributed by atoms with E-state index in [1.165, 1.54) is 0 Å². The Morgan fingerprint density at radius 1 is 1.10 bits per heavy atom. The normalized spacial score (nSPS) is 27.6. The van der Waals surface area contributed by atoms with Crippen molar-refractivity contribution in [1.29, 1.82) is 0 Å². The fraction of sp³-hybridized carbons (Fsp3) is 0.710. The Bertz CT molecular complexity index is 1090. The molecule has 40 heavy (non-hydrogen) atoms. The highest BCUT2D eigenvalue weighted by atomic mass is 32.2. The summed E-state index contributed by atoms with van der Waals surface area (Å²) in [5.74, 6) is -0.638. The number of unbranched alkanes of at least 4 members (excludes halogenated alkanes) is 2. The molecule has 222 valence electrons. The molecular weight excluding hydrogens is 526 g/mol. The van der Waals surface area contributed by atoms with Crippen molar-refractivity contribution in [3.8, 4) is 5.75 Å². The Kier molecular flexibility index (Phi) is 9.15. The average molecular weight is 574 g/mol. The molecule has 3 aliphatic heterocycles. The number of aliphatic hydroxyl groups excluding tert-OH is 1. The number of aliphatic hydroxyl groups is 1. The van der Waals surface area contributed by atoms with Gasteiger partial charge in [0.05, 0.1) is 23.2 Å². The molecule has 8 nitrogen and oxygen atoms in total. The van der Waals surface area contributed by atoms with E-state index >= 15 is 0 Å². The second kappa shape index (κ2) is 11.9. The number of carbonyl (C=O) groups excluding carboxylic acids is 3. The highest BCUT2D eigenvalue weighted by Crippen LogP contribution is 2.66. The maximum atomic E-state index is 14.1. The number of carbonyl (C=O) groups is 3. The largest absolute Gasteiger partial charge is 0.494 e. The van der Waals surface area contributed by atoms with Gasteiger partial charge in [-0.05, 0) is 89.0 Å². The van der Waals surface area contributed by atoms with Crippen LogP contribution in [0.5, 0.6) is 5.75 Å². The van der Waals surface area contributed by atoms with Crippen LogP contribution in [0.15, 0.2) is 24.3 Å². The fourth-order valence-corrected chi connectivity index (χ4v) is 9.58. The predicted octanol–water partition coefficient (Wildman–Crippen LogP) is 4.61. The first-order chi connectivity index (χ1) is 18.8. The van der Waals surface area contributed by atoms with Crippen molar-refractivity contribution in [3.63, 3.8) is 0 Å². The molecule has 3 fully saturated rings. The zero-order valence-corrected chi connectivity index (χ0v) is 25.7. The van der Waals surface area contributed by atoms with Crippen molar-refractivity contribution in [3.05, 3.63) is 24.3 Å². The fourth-order valence-electron chi connectivity index (χ4n) is 7.36. The van der Waals surface area contributed by atoms with E-state index in [2.05, 4.69) is 31.4 Å². The summed E-state index contributed by atoms with van der Waals surface area (Å²) in [5, 5.41) is 15.6. The molecule has 9 heteroatoms. The van der Waals surface area contributed by atoms with Crippen molar-refractivity contribution in [2.45, 2.75) is 102 Å². The molecule has 3 heterocycles. The molecule has 0 aliphatic carbocycles. The third-order valence-corrected chi connectivity index (χ3v) is 10.2. The van der Waals surface area contributed by atoms with Crippen LogP contribution in [0, 0.1) is 17.3 Å². The summed E-state index contributed by atoms with van der Waals surface area (Å²) in [6.45, 7) is 13.6. The van der Waals surface area contributed by atoms with Gasteiger partial charge in [0.2, 0.25) is 17.7 Å². The summed E-state index contributed by atoms with van der Waals surface area (Å²) in [5.41, 5.74) is 0.249. The number of amides is 3. The van der Waals surface area contributed by atoms with Gasteiger partial charge in [0.25, 0.3) is 0 Å². The van der Waals surface area contributed by atoms with E-state index in [1.54, 1.807) is 16.7 Å². The van der Waals surface area contributed by atoms with Crippen LogP contribution in [-0.2, 0) is 14.4 Å². The van der Waals surface area contributed by atoms with Gasteiger partial charge in [0.1, 0.15) is 11.8 Å². The molecule has 3 aliphatic rings. The van der Waals surface area contributed by atoms with Gasteiger partial charge in [-0.3, -0.25) is 14.4 Å². The molecule has 1 aromatic carbocycles. The first-order valence-electron chi connectivity index (χ1n) is 14.8. The lowest BCUT2D eigenvalue weighted by molar-refractivity contribution is -0.139. The highest BCUT2D eigenvalue weighted by molar-refractivity contribution is 8.02. The van der Waals surface area contributed by atoms with E-state index in [1.807, 2.05) is 45.0 Å². The Labute approximate surface area is 243 Å². The van der Waals surface area contributed by atoms with Crippen LogP contribution in [0.25, 0.3) is 0 Å². The zero-order chi connectivity index (χ0) is 29.3. The number of nitrogens with one attached hydrogen (secondary N) is 2. The smallest absolute Gasteiger partial charge is 0.244 e. The van der Waals surface area contributed by atoms with Crippen LogP contribution in [0.2, 0.25) is 0 Å². The first kappa shape index (κ1) is 30.7. The molecule has 4 rings (SSSR count). The van der Waals surface area contributed by atoms with Gasteiger partial charge in [-0.2, -0.15) is 0 Å². The summed E-state index contributed by atoms with van der Waals surface area (Å²) >= 11 is 1.69. The summed E-state index contributed by atoms with van der Waals surface area (Å²) in [7, 11) is 0. The highest BCUT2D eigenvalue weighted by Gasteiger charge is 2.73. The quantitative estimate of drug-likeness (QED) is 0.315. The molecule has 2 unspecified atom stereocenters. The van der Waals surface area contributed by atoms with E-state index in [-0.39, 0.29) is 35.0 Å². The predicted molar refractivity (Wildman–Crippen MR) is 159 cm³/mol. The number of hydrogen-bond donors (Lipinski definition) is 3. The van der Waals surface area contributed by atoms with Gasteiger partial charge in [0.15, 0.2) is 0 Å². The van der Waals surface area contributed by atoms with Crippen LogP contribution < -0.4 is 15.4 Å². The summed E-state index contributed by atoms with van der Waals surface area (Å²) in [4.78, 5) is 43.7. The lowest BCUT2D eigenvalue weighted by atomic mass is 9.70. The Morgan fingerprint density at radius 3 is 2.42 bits per heavy atom. The number of ether oxygens (including phenoxy) is 1. The number of thioether (sulfide) groups is 1. The van der Waals surface area contributed by atoms with Crippen LogP contribution >= 0.6 is 11.8 Å². The van der Waals surface area contributed by atoms with Gasteiger partial charge < -0.3 is 25.4 Å². The summed E-state index contributed by atoms with van der Waals surface area (Å²) in [6.07, 6.45) is 4.50. The topological polar surface area (TPSA) is 108 Å². The first-order valence-corrected chi connectivity index (χ1v) is 15.6. The molecule has 1 aromatic rings. The van der Waals surface area contributed by atoms with Crippen molar-refractivity contribution in [2.75, 3.05) is 25.1 Å². The molecule has 3 amide bonds. The summed E-state index contributed by atoms with van der Waals surface area (Å²) < 4.78 is 4.90. The summed E-state index contributed by atoms with van der Waals surface area (Å²) in [6, 6.07) is 6.67. The number of rotatable bonds is 12. The van der Waals surface area contributed by atoms with Crippen molar-refractivity contribution in [1.82, 2.24) is 10.2 Å². The zero-order valence-electron chi connectivity index (χ0n) is 24.9. The van der Waals surface area contributed by atoms with E-state index in [9.17, 15) is 19.5 Å². The number of benzene rings is 1. The second-order valence-corrected chi connectivity index (χ2v) is 15.0. The standard InChI is InChI=1S/C31H47N3O5S/c1-7-39-21-13-11-20(12-14-21)32-26(36)23-22-15-16-31(40-22)24(23)28(38)34(17-9-8-10-18-35)25(31)27(37)33-30(5,6)19-29(2,3)4/h11-14,22-25,35H,7-10,15-19H2,1-6H3,(H,32,36)(H,33,37)/t22-,23+,24-,25?,31?/m0/s1. The maximum Gasteiger partial charge on any atom is 0.244 e. The molecule has 0 aromatic heterocycles. The molecule has 2 bridgehead atoms. The number of fused-ring (bicyclic) bond motifs is 1. The van der Waals surface area contributed by atoms with Gasteiger partial charge in [-0.1, -0.05) is 20.8 Å². The average Bonchev–Trinajstić information content (AvgIpc) is 3.49. The lowest BCUT2D eigenvalue weighted by Gasteiger charge is -2.38. The lowest BCUT2D eigenvalue weighted by Crippen LogP contribution is -2.58. The van der Waals surface area contributed by atoms with Gasteiger partial charge in [0, 0.05) is 29.6 Å². The Morgan fingerprint density at radius 2 is 1.80 bits per heavy atom. The van der Waals surface area contributed by atoms with Gasteiger partial charge in [-0.15, -0.1) is 11.8 Å². The molecule has 5 atom stereocenters. The minimum absolute atomic E-state index is 0.00562. The van der Waals surface area contributed by atoms with Crippen LogP contribution in [0.1, 0.15) is 80.1 Å².